The van der Waals surface area contributed by atoms with E-state index in [-0.39, 0.29) is 11.8 Å². The molecule has 0 aliphatic carbocycles. The summed E-state index contributed by atoms with van der Waals surface area (Å²) in [6.45, 7) is 7.39. The summed E-state index contributed by atoms with van der Waals surface area (Å²) in [5, 5.41) is 6.36. The van der Waals surface area contributed by atoms with E-state index < -0.39 is 0 Å². The molecule has 0 spiro atoms. The molecule has 0 radical (unpaired) electrons. The molecule has 0 saturated heterocycles. The van der Waals surface area contributed by atoms with E-state index in [1.807, 2.05) is 26.0 Å². The number of nitrogens with one attached hydrogen (secondary N) is 2. The Hall–Kier alpha value is -2.97. The Balaban J connectivity index is 1.64. The third-order valence-corrected chi connectivity index (χ3v) is 5.46. The summed E-state index contributed by atoms with van der Waals surface area (Å²) in [5.41, 5.74) is 1.66. The number of aryl methyl sites for hydroxylation is 2. The van der Waals surface area contributed by atoms with E-state index in [4.69, 9.17) is 9.15 Å². The minimum atomic E-state index is -0.270. The molecular weight excluding hydrogens is 402 g/mol. The van der Waals surface area contributed by atoms with Gasteiger partial charge < -0.3 is 19.8 Å². The maximum atomic E-state index is 12.8. The first-order valence-corrected chi connectivity index (χ1v) is 10.6. The summed E-state index contributed by atoms with van der Waals surface area (Å²) < 4.78 is 10.9. The largest absolute Gasteiger partial charge is 0.459 e. The maximum absolute atomic E-state index is 12.8. The Morgan fingerprint density at radius 1 is 1.17 bits per heavy atom. The molecule has 8 heteroatoms. The fourth-order valence-electron chi connectivity index (χ4n) is 2.81. The number of hydrogen-bond donors (Lipinski definition) is 2. The molecule has 2 aromatic heterocycles. The number of carbonyl (C=O) groups excluding carboxylic acids is 2. The number of carbonyl (C=O) groups is 2. The SMILES string of the molecule is CCOCCCNC(=O)c1cccc(NC(=O)c2sc(-c3ccc(C)o3)nc2C)c1. The summed E-state index contributed by atoms with van der Waals surface area (Å²) in [6.07, 6.45) is 0.748. The number of anilines is 1. The van der Waals surface area contributed by atoms with Crippen LogP contribution in [0.2, 0.25) is 0 Å². The van der Waals surface area contributed by atoms with Crippen LogP contribution in [-0.2, 0) is 4.74 Å². The number of nitrogens with zero attached hydrogens (tertiary/aromatic N) is 1. The van der Waals surface area contributed by atoms with Crippen molar-refractivity contribution in [3.8, 4) is 10.8 Å². The van der Waals surface area contributed by atoms with Crippen LogP contribution in [-0.4, -0.2) is 36.6 Å². The van der Waals surface area contributed by atoms with Crippen molar-refractivity contribution in [2.45, 2.75) is 27.2 Å². The molecule has 1 aromatic carbocycles. The summed E-state index contributed by atoms with van der Waals surface area (Å²) in [7, 11) is 0. The second kappa shape index (κ2) is 10.2. The molecule has 0 atom stereocenters. The van der Waals surface area contributed by atoms with Gasteiger partial charge in [0, 0.05) is 31.0 Å². The van der Waals surface area contributed by atoms with Gasteiger partial charge in [-0.2, -0.15) is 0 Å². The van der Waals surface area contributed by atoms with E-state index in [1.54, 1.807) is 31.2 Å². The zero-order chi connectivity index (χ0) is 21.5. The molecule has 3 aromatic rings. The van der Waals surface area contributed by atoms with Crippen molar-refractivity contribution >= 4 is 28.8 Å². The Bertz CT molecular complexity index is 1030. The number of ether oxygens (including phenoxy) is 1. The van der Waals surface area contributed by atoms with Gasteiger partial charge in [-0.05, 0) is 57.5 Å². The van der Waals surface area contributed by atoms with Gasteiger partial charge in [0.15, 0.2) is 10.8 Å². The molecule has 0 bridgehead atoms. The number of furan rings is 1. The van der Waals surface area contributed by atoms with Crippen LogP contribution in [0.1, 0.15) is 44.8 Å². The number of rotatable bonds is 9. The summed E-state index contributed by atoms with van der Waals surface area (Å²) in [5.74, 6) is 0.973. The van der Waals surface area contributed by atoms with Crippen LogP contribution in [0.15, 0.2) is 40.8 Å². The highest BCUT2D eigenvalue weighted by Crippen LogP contribution is 2.29. The van der Waals surface area contributed by atoms with Crippen LogP contribution in [0.25, 0.3) is 10.8 Å². The number of hydrogen-bond acceptors (Lipinski definition) is 6. The standard InChI is InChI=1S/C22H25N3O4S/c1-4-28-12-6-11-23-20(26)16-7-5-8-17(13-16)25-21(27)19-15(3)24-22(30-19)18-10-9-14(2)29-18/h5,7-10,13H,4,6,11-12H2,1-3H3,(H,23,26)(H,25,27). The van der Waals surface area contributed by atoms with Gasteiger partial charge in [-0.15, -0.1) is 11.3 Å². The summed E-state index contributed by atoms with van der Waals surface area (Å²) in [6, 6.07) is 10.6. The minimum Gasteiger partial charge on any atom is -0.459 e. The first kappa shape index (κ1) is 21.7. The molecule has 7 nitrogen and oxygen atoms in total. The second-order valence-electron chi connectivity index (χ2n) is 6.69. The number of aromatic nitrogens is 1. The van der Waals surface area contributed by atoms with Gasteiger partial charge in [-0.1, -0.05) is 6.07 Å². The fraction of sp³-hybridized carbons (Fsp3) is 0.318. The third-order valence-electron chi connectivity index (χ3n) is 4.29. The lowest BCUT2D eigenvalue weighted by Gasteiger charge is -2.08. The lowest BCUT2D eigenvalue weighted by atomic mass is 10.2. The zero-order valence-electron chi connectivity index (χ0n) is 17.3. The normalized spacial score (nSPS) is 10.8. The molecule has 0 aliphatic rings. The second-order valence-corrected chi connectivity index (χ2v) is 7.68. The third kappa shape index (κ3) is 5.55. The van der Waals surface area contributed by atoms with E-state index in [0.717, 1.165) is 12.2 Å². The van der Waals surface area contributed by atoms with Crippen LogP contribution in [0.5, 0.6) is 0 Å². The van der Waals surface area contributed by atoms with Gasteiger partial charge in [0.2, 0.25) is 0 Å². The van der Waals surface area contributed by atoms with Gasteiger partial charge >= 0.3 is 0 Å². The van der Waals surface area contributed by atoms with Crippen molar-refractivity contribution in [1.29, 1.82) is 0 Å². The van der Waals surface area contributed by atoms with Crippen LogP contribution >= 0.6 is 11.3 Å². The molecule has 2 heterocycles. The summed E-state index contributed by atoms with van der Waals surface area (Å²) in [4.78, 5) is 30.0. The van der Waals surface area contributed by atoms with E-state index in [9.17, 15) is 9.59 Å². The van der Waals surface area contributed by atoms with Gasteiger partial charge in [-0.25, -0.2) is 4.98 Å². The first-order chi connectivity index (χ1) is 14.5. The lowest BCUT2D eigenvalue weighted by molar-refractivity contribution is 0.0943. The minimum absolute atomic E-state index is 0.188. The molecule has 0 aliphatic heterocycles. The van der Waals surface area contributed by atoms with Crippen molar-refractivity contribution in [1.82, 2.24) is 10.3 Å². The number of thiazole rings is 1. The van der Waals surface area contributed by atoms with Crippen LogP contribution in [0, 0.1) is 13.8 Å². The molecule has 3 rings (SSSR count). The topological polar surface area (TPSA) is 93.5 Å². The predicted octanol–water partition coefficient (Wildman–Crippen LogP) is 4.43. The lowest BCUT2D eigenvalue weighted by Crippen LogP contribution is -2.25. The smallest absolute Gasteiger partial charge is 0.267 e. The van der Waals surface area contributed by atoms with Gasteiger partial charge in [0.05, 0.1) is 5.69 Å². The Morgan fingerprint density at radius 2 is 2.00 bits per heavy atom. The van der Waals surface area contributed by atoms with E-state index in [1.165, 1.54) is 11.3 Å². The fourth-order valence-corrected chi connectivity index (χ4v) is 3.73. The van der Waals surface area contributed by atoms with E-state index in [0.29, 0.717) is 52.3 Å². The Morgan fingerprint density at radius 3 is 2.73 bits per heavy atom. The van der Waals surface area contributed by atoms with Crippen molar-refractivity contribution < 1.29 is 18.7 Å². The number of amides is 2. The van der Waals surface area contributed by atoms with Crippen LogP contribution < -0.4 is 10.6 Å². The number of benzene rings is 1. The van der Waals surface area contributed by atoms with Crippen molar-refractivity contribution in [3.63, 3.8) is 0 Å². The molecule has 0 unspecified atom stereocenters. The Kier molecular flexibility index (Phi) is 7.37. The average molecular weight is 428 g/mol. The van der Waals surface area contributed by atoms with Crippen LogP contribution in [0.3, 0.4) is 0 Å². The van der Waals surface area contributed by atoms with Gasteiger partial charge in [0.1, 0.15) is 10.6 Å². The quantitative estimate of drug-likeness (QED) is 0.493. The maximum Gasteiger partial charge on any atom is 0.267 e. The van der Waals surface area contributed by atoms with Crippen molar-refractivity contribution in [2.24, 2.45) is 0 Å². The average Bonchev–Trinajstić information content (AvgIpc) is 3.33. The van der Waals surface area contributed by atoms with Gasteiger partial charge in [0.25, 0.3) is 11.8 Å². The molecule has 2 amide bonds. The zero-order valence-corrected chi connectivity index (χ0v) is 18.1. The van der Waals surface area contributed by atoms with E-state index >= 15 is 0 Å². The Labute approximate surface area is 179 Å². The molecule has 0 fully saturated rings. The highest BCUT2D eigenvalue weighted by Gasteiger charge is 2.18. The molecule has 158 valence electrons. The molecule has 0 saturated carbocycles. The summed E-state index contributed by atoms with van der Waals surface area (Å²) >= 11 is 1.27. The molecular formula is C22H25N3O4S. The monoisotopic (exact) mass is 427 g/mol. The van der Waals surface area contributed by atoms with Gasteiger partial charge in [-0.3, -0.25) is 9.59 Å². The molecule has 30 heavy (non-hydrogen) atoms. The van der Waals surface area contributed by atoms with Crippen molar-refractivity contribution in [2.75, 3.05) is 25.1 Å². The highest BCUT2D eigenvalue weighted by molar-refractivity contribution is 7.17. The predicted molar refractivity (Wildman–Crippen MR) is 117 cm³/mol. The van der Waals surface area contributed by atoms with Crippen molar-refractivity contribution in [3.05, 3.63) is 58.3 Å². The highest BCUT2D eigenvalue weighted by atomic mass is 32.1. The molecule has 2 N–H and O–H groups in total. The van der Waals surface area contributed by atoms with Crippen LogP contribution in [0.4, 0.5) is 5.69 Å². The van der Waals surface area contributed by atoms with E-state index in [2.05, 4.69) is 15.6 Å². The first-order valence-electron chi connectivity index (χ1n) is 9.79.